The smallest absolute Gasteiger partial charge is 0.319 e. The Kier molecular flexibility index (Phi) is 4.20. The van der Waals surface area contributed by atoms with Crippen LogP contribution in [0.1, 0.15) is 12.8 Å². The van der Waals surface area contributed by atoms with E-state index in [0.717, 1.165) is 26.0 Å². The molecule has 0 unspecified atom stereocenters. The molecule has 2 amide bonds. The predicted molar refractivity (Wildman–Crippen MR) is 81.8 cm³/mol. The first-order chi connectivity index (χ1) is 10.6. The van der Waals surface area contributed by atoms with E-state index in [-0.39, 0.29) is 17.6 Å². The number of aromatic nitrogens is 1. The number of pyridine rings is 1. The molecule has 0 aromatic carbocycles. The first-order valence-corrected chi connectivity index (χ1v) is 7.72. The summed E-state index contributed by atoms with van der Waals surface area (Å²) in [5.41, 5.74) is -0.124. The summed E-state index contributed by atoms with van der Waals surface area (Å²) < 4.78 is 11.8. The van der Waals surface area contributed by atoms with Gasteiger partial charge in [0.15, 0.2) is 0 Å². The topological polar surface area (TPSA) is 54.9 Å². The van der Waals surface area contributed by atoms with Crippen molar-refractivity contribution in [3.63, 3.8) is 0 Å². The number of fused-ring (bicyclic) bond motifs is 1. The zero-order valence-electron chi connectivity index (χ0n) is 13.2. The van der Waals surface area contributed by atoms with Gasteiger partial charge in [0.2, 0.25) is 5.88 Å². The Morgan fingerprint density at radius 2 is 2.41 bits per heavy atom. The van der Waals surface area contributed by atoms with Gasteiger partial charge >= 0.3 is 6.03 Å². The number of amides is 2. The molecule has 0 saturated carbocycles. The van der Waals surface area contributed by atoms with Crippen LogP contribution < -0.4 is 4.74 Å². The van der Waals surface area contributed by atoms with Crippen molar-refractivity contribution >= 4 is 6.03 Å². The van der Waals surface area contributed by atoms with E-state index in [0.29, 0.717) is 19.0 Å². The molecule has 0 spiro atoms. The first kappa shape index (κ1) is 15.1. The van der Waals surface area contributed by atoms with Crippen LogP contribution in [0.25, 0.3) is 0 Å². The molecule has 22 heavy (non-hydrogen) atoms. The fourth-order valence-corrected chi connectivity index (χ4v) is 3.35. The van der Waals surface area contributed by atoms with Crippen LogP contribution in [0.3, 0.4) is 0 Å². The number of piperidine rings is 1. The fraction of sp³-hybridized carbons (Fsp3) is 0.625. The average molecular weight is 305 g/mol. The summed E-state index contributed by atoms with van der Waals surface area (Å²) in [6, 6.07) is 5.69. The molecule has 2 atom stereocenters. The highest BCUT2D eigenvalue weighted by atomic mass is 16.5. The Labute approximate surface area is 131 Å². The second-order valence-electron chi connectivity index (χ2n) is 6.32. The Bertz CT molecular complexity index is 523. The minimum Gasteiger partial charge on any atom is -0.477 e. The summed E-state index contributed by atoms with van der Waals surface area (Å²) in [6.45, 7) is 2.70. The molecule has 0 bridgehead atoms. The van der Waals surface area contributed by atoms with Crippen molar-refractivity contribution in [2.45, 2.75) is 18.9 Å². The first-order valence-electron chi connectivity index (χ1n) is 7.72. The number of nitrogens with zero attached hydrogens (tertiary/aromatic N) is 3. The van der Waals surface area contributed by atoms with Gasteiger partial charge in [-0.2, -0.15) is 0 Å². The van der Waals surface area contributed by atoms with Crippen molar-refractivity contribution in [3.05, 3.63) is 24.4 Å². The van der Waals surface area contributed by atoms with Gasteiger partial charge in [-0.25, -0.2) is 9.78 Å². The van der Waals surface area contributed by atoms with Gasteiger partial charge in [0.1, 0.15) is 0 Å². The van der Waals surface area contributed by atoms with Gasteiger partial charge in [-0.1, -0.05) is 6.07 Å². The monoisotopic (exact) mass is 305 g/mol. The SMILES string of the molecule is CN(C)C(=O)N1CC[C@@H]2OCC[C@]2(COc2ccccn2)C1. The number of carbonyl (C=O) groups is 1. The molecular weight excluding hydrogens is 282 g/mol. The molecule has 6 nitrogen and oxygen atoms in total. The highest BCUT2D eigenvalue weighted by molar-refractivity contribution is 5.74. The second kappa shape index (κ2) is 6.12. The molecule has 3 rings (SSSR count). The van der Waals surface area contributed by atoms with Crippen LogP contribution in [0.2, 0.25) is 0 Å². The molecule has 6 heteroatoms. The Morgan fingerprint density at radius 1 is 1.55 bits per heavy atom. The van der Waals surface area contributed by atoms with Crippen molar-refractivity contribution in [1.82, 2.24) is 14.8 Å². The summed E-state index contributed by atoms with van der Waals surface area (Å²) in [5, 5.41) is 0. The van der Waals surface area contributed by atoms with Gasteiger partial charge in [0.05, 0.1) is 18.1 Å². The minimum absolute atomic E-state index is 0.0579. The predicted octanol–water partition coefficient (Wildman–Crippen LogP) is 1.62. The number of likely N-dealkylation sites (tertiary alicyclic amines) is 1. The highest BCUT2D eigenvalue weighted by Crippen LogP contribution is 2.41. The lowest BCUT2D eigenvalue weighted by atomic mass is 9.77. The van der Waals surface area contributed by atoms with Crippen molar-refractivity contribution in [1.29, 1.82) is 0 Å². The van der Waals surface area contributed by atoms with E-state index in [1.807, 2.05) is 23.1 Å². The molecule has 2 aliphatic rings. The van der Waals surface area contributed by atoms with E-state index < -0.39 is 0 Å². The number of hydrogen-bond donors (Lipinski definition) is 0. The lowest BCUT2D eigenvalue weighted by Gasteiger charge is -2.43. The molecular formula is C16H23N3O3. The molecule has 1 aromatic rings. The van der Waals surface area contributed by atoms with E-state index >= 15 is 0 Å². The zero-order chi connectivity index (χ0) is 15.6. The molecule has 120 valence electrons. The minimum atomic E-state index is -0.124. The summed E-state index contributed by atoms with van der Waals surface area (Å²) >= 11 is 0. The molecule has 0 radical (unpaired) electrons. The van der Waals surface area contributed by atoms with Crippen LogP contribution in [0, 0.1) is 5.41 Å². The summed E-state index contributed by atoms with van der Waals surface area (Å²) in [7, 11) is 3.58. The normalized spacial score (nSPS) is 27.4. The van der Waals surface area contributed by atoms with E-state index in [1.165, 1.54) is 0 Å². The standard InChI is InChI=1S/C16H23N3O3/c1-18(2)15(20)19-9-6-13-16(11-19,7-10-21-13)12-22-14-5-3-4-8-17-14/h3-5,8,13H,6-7,9-12H2,1-2H3/t13-,16+/m0/s1. The molecule has 2 aliphatic heterocycles. The van der Waals surface area contributed by atoms with Crippen LogP contribution >= 0.6 is 0 Å². The largest absolute Gasteiger partial charge is 0.477 e. The third-order valence-corrected chi connectivity index (χ3v) is 4.57. The maximum Gasteiger partial charge on any atom is 0.319 e. The van der Waals surface area contributed by atoms with Crippen LogP contribution in [-0.4, -0.2) is 67.3 Å². The number of rotatable bonds is 3. The van der Waals surface area contributed by atoms with Gasteiger partial charge in [0.25, 0.3) is 0 Å². The van der Waals surface area contributed by atoms with Crippen molar-refractivity contribution in [2.75, 3.05) is 40.4 Å². The maximum absolute atomic E-state index is 12.3. The number of ether oxygens (including phenoxy) is 2. The van der Waals surface area contributed by atoms with E-state index in [1.54, 1.807) is 25.2 Å². The average Bonchev–Trinajstić information content (AvgIpc) is 2.96. The Balaban J connectivity index is 1.71. The zero-order valence-corrected chi connectivity index (χ0v) is 13.2. The molecule has 2 saturated heterocycles. The summed E-state index contributed by atoms with van der Waals surface area (Å²) in [4.78, 5) is 20.0. The van der Waals surface area contributed by atoms with Gasteiger partial charge in [-0.3, -0.25) is 0 Å². The molecule has 0 N–H and O–H groups in total. The lowest BCUT2D eigenvalue weighted by molar-refractivity contribution is -0.0309. The van der Waals surface area contributed by atoms with Gasteiger partial charge in [-0.15, -0.1) is 0 Å². The van der Waals surface area contributed by atoms with E-state index in [2.05, 4.69) is 4.98 Å². The number of hydrogen-bond acceptors (Lipinski definition) is 4. The Hall–Kier alpha value is -1.82. The van der Waals surface area contributed by atoms with Gasteiger partial charge in [0, 0.05) is 46.1 Å². The Morgan fingerprint density at radius 3 is 3.14 bits per heavy atom. The van der Waals surface area contributed by atoms with Crippen LogP contribution in [0.15, 0.2) is 24.4 Å². The number of carbonyl (C=O) groups excluding carboxylic acids is 1. The van der Waals surface area contributed by atoms with Gasteiger partial charge in [-0.05, 0) is 18.9 Å². The fourth-order valence-electron chi connectivity index (χ4n) is 3.35. The van der Waals surface area contributed by atoms with Crippen LogP contribution in [0.5, 0.6) is 5.88 Å². The quantitative estimate of drug-likeness (QED) is 0.851. The second-order valence-corrected chi connectivity index (χ2v) is 6.32. The number of urea groups is 1. The molecule has 3 heterocycles. The highest BCUT2D eigenvalue weighted by Gasteiger charge is 2.49. The van der Waals surface area contributed by atoms with Gasteiger partial charge < -0.3 is 19.3 Å². The maximum atomic E-state index is 12.3. The molecule has 1 aromatic heterocycles. The summed E-state index contributed by atoms with van der Waals surface area (Å²) in [5.74, 6) is 0.624. The third-order valence-electron chi connectivity index (χ3n) is 4.57. The van der Waals surface area contributed by atoms with Crippen LogP contribution in [-0.2, 0) is 4.74 Å². The van der Waals surface area contributed by atoms with E-state index in [4.69, 9.17) is 9.47 Å². The third kappa shape index (κ3) is 2.88. The van der Waals surface area contributed by atoms with Crippen molar-refractivity contribution in [3.8, 4) is 5.88 Å². The van der Waals surface area contributed by atoms with Crippen molar-refractivity contribution < 1.29 is 14.3 Å². The molecule has 2 fully saturated rings. The van der Waals surface area contributed by atoms with Crippen LogP contribution in [0.4, 0.5) is 4.79 Å². The molecule has 0 aliphatic carbocycles. The lowest BCUT2D eigenvalue weighted by Crippen LogP contribution is -2.55. The summed E-state index contributed by atoms with van der Waals surface area (Å²) in [6.07, 6.45) is 3.67. The van der Waals surface area contributed by atoms with Crippen molar-refractivity contribution in [2.24, 2.45) is 5.41 Å². The van der Waals surface area contributed by atoms with E-state index in [9.17, 15) is 4.79 Å².